The van der Waals surface area contributed by atoms with Crippen molar-refractivity contribution in [1.29, 1.82) is 0 Å². The molecule has 0 aliphatic rings. The smallest absolute Gasteiger partial charge is 0.387 e. The lowest BCUT2D eigenvalue weighted by Crippen LogP contribution is -2.39. The first-order valence-electron chi connectivity index (χ1n) is 8.68. The lowest BCUT2D eigenvalue weighted by atomic mass is 10.2. The van der Waals surface area contributed by atoms with Crippen LogP contribution in [-0.2, 0) is 13.0 Å². The van der Waals surface area contributed by atoms with E-state index >= 15 is 0 Å². The van der Waals surface area contributed by atoms with Crippen molar-refractivity contribution in [3.05, 3.63) is 46.2 Å². The standard InChI is InChI=1S/C19H25F2N3O2S/c1-4-25-17-12-14(7-8-16(17)26-18(20)21)13-23-19(22-2)24(3)10-9-15-6-5-11-27-15/h5-8,11-12,18H,4,9-10,13H2,1-3H3,(H,22,23). The summed E-state index contributed by atoms with van der Waals surface area (Å²) in [5.41, 5.74) is 0.882. The van der Waals surface area contributed by atoms with Gasteiger partial charge in [-0.25, -0.2) is 0 Å². The molecule has 0 bridgehead atoms. The average Bonchev–Trinajstić information content (AvgIpc) is 3.16. The van der Waals surface area contributed by atoms with E-state index < -0.39 is 6.61 Å². The molecule has 0 atom stereocenters. The molecule has 0 saturated carbocycles. The number of alkyl halides is 2. The van der Waals surface area contributed by atoms with Crippen LogP contribution in [0.25, 0.3) is 0 Å². The van der Waals surface area contributed by atoms with Crippen LogP contribution in [0, 0.1) is 0 Å². The number of halogens is 2. The molecule has 0 saturated heterocycles. The molecule has 0 aliphatic heterocycles. The largest absolute Gasteiger partial charge is 0.490 e. The quantitative estimate of drug-likeness (QED) is 0.513. The first-order chi connectivity index (χ1) is 13.0. The second-order valence-electron chi connectivity index (χ2n) is 5.74. The molecule has 1 aromatic carbocycles. The summed E-state index contributed by atoms with van der Waals surface area (Å²) in [5.74, 6) is 1.10. The van der Waals surface area contributed by atoms with Gasteiger partial charge in [-0.2, -0.15) is 8.78 Å². The summed E-state index contributed by atoms with van der Waals surface area (Å²) in [7, 11) is 3.71. The maximum Gasteiger partial charge on any atom is 0.387 e. The van der Waals surface area contributed by atoms with Gasteiger partial charge in [0.25, 0.3) is 0 Å². The predicted molar refractivity (Wildman–Crippen MR) is 105 cm³/mol. The number of nitrogens with zero attached hydrogens (tertiary/aromatic N) is 2. The molecule has 0 unspecified atom stereocenters. The summed E-state index contributed by atoms with van der Waals surface area (Å²) >= 11 is 1.74. The van der Waals surface area contributed by atoms with E-state index in [1.54, 1.807) is 37.4 Å². The Morgan fingerprint density at radius 1 is 1.30 bits per heavy atom. The number of nitrogens with one attached hydrogen (secondary N) is 1. The lowest BCUT2D eigenvalue weighted by Gasteiger charge is -2.22. The molecule has 2 rings (SSSR count). The summed E-state index contributed by atoms with van der Waals surface area (Å²) < 4.78 is 34.9. The van der Waals surface area contributed by atoms with Crippen LogP contribution in [0.1, 0.15) is 17.4 Å². The van der Waals surface area contributed by atoms with Gasteiger partial charge in [-0.1, -0.05) is 12.1 Å². The minimum atomic E-state index is -2.89. The fourth-order valence-corrected chi connectivity index (χ4v) is 3.23. The zero-order valence-electron chi connectivity index (χ0n) is 15.7. The summed E-state index contributed by atoms with van der Waals surface area (Å²) in [6.45, 7) is 0.603. The second kappa shape index (κ2) is 10.7. The van der Waals surface area contributed by atoms with Crippen molar-refractivity contribution < 1.29 is 18.3 Å². The van der Waals surface area contributed by atoms with Crippen LogP contribution in [0.2, 0.25) is 0 Å². The van der Waals surface area contributed by atoms with Gasteiger partial charge < -0.3 is 19.7 Å². The number of ether oxygens (including phenoxy) is 2. The lowest BCUT2D eigenvalue weighted by molar-refractivity contribution is -0.0514. The van der Waals surface area contributed by atoms with E-state index in [1.807, 2.05) is 13.1 Å². The number of likely N-dealkylation sites (N-methyl/N-ethyl adjacent to an activating group) is 1. The molecular weight excluding hydrogens is 372 g/mol. The van der Waals surface area contributed by atoms with Crippen LogP contribution in [0.3, 0.4) is 0 Å². The molecule has 0 radical (unpaired) electrons. The molecule has 1 N–H and O–H groups in total. The highest BCUT2D eigenvalue weighted by molar-refractivity contribution is 7.09. The van der Waals surface area contributed by atoms with Gasteiger partial charge in [0.05, 0.1) is 6.61 Å². The topological polar surface area (TPSA) is 46.1 Å². The van der Waals surface area contributed by atoms with Crippen molar-refractivity contribution in [2.45, 2.75) is 26.5 Å². The number of hydrogen-bond acceptors (Lipinski definition) is 4. The molecule has 1 heterocycles. The molecule has 0 amide bonds. The minimum Gasteiger partial charge on any atom is -0.490 e. The molecule has 8 heteroatoms. The first-order valence-corrected chi connectivity index (χ1v) is 9.56. The monoisotopic (exact) mass is 397 g/mol. The number of hydrogen-bond donors (Lipinski definition) is 1. The van der Waals surface area contributed by atoms with Crippen molar-refractivity contribution in [3.8, 4) is 11.5 Å². The SMILES string of the molecule is CCOc1cc(CNC(=NC)N(C)CCc2cccs2)ccc1OC(F)F. The van der Waals surface area contributed by atoms with Gasteiger partial charge in [-0.15, -0.1) is 11.3 Å². The van der Waals surface area contributed by atoms with Crippen LogP contribution >= 0.6 is 11.3 Å². The van der Waals surface area contributed by atoms with Crippen molar-refractivity contribution in [2.24, 2.45) is 4.99 Å². The summed E-state index contributed by atoms with van der Waals surface area (Å²) in [5, 5.41) is 5.35. The van der Waals surface area contributed by atoms with E-state index in [0.717, 1.165) is 24.5 Å². The number of rotatable bonds is 9. The van der Waals surface area contributed by atoms with E-state index in [9.17, 15) is 8.78 Å². The fraction of sp³-hybridized carbons (Fsp3) is 0.421. The molecular formula is C19H25F2N3O2S. The van der Waals surface area contributed by atoms with E-state index in [2.05, 4.69) is 31.4 Å². The van der Waals surface area contributed by atoms with Gasteiger partial charge >= 0.3 is 6.61 Å². The van der Waals surface area contributed by atoms with Crippen molar-refractivity contribution in [3.63, 3.8) is 0 Å². The first kappa shape index (κ1) is 21.0. The van der Waals surface area contributed by atoms with Crippen LogP contribution in [0.4, 0.5) is 8.78 Å². The molecule has 2 aromatic rings. The fourth-order valence-electron chi connectivity index (χ4n) is 2.53. The average molecular weight is 397 g/mol. The Bertz CT molecular complexity index is 724. The summed E-state index contributed by atoms with van der Waals surface area (Å²) in [4.78, 5) is 7.68. The van der Waals surface area contributed by atoms with Gasteiger partial charge in [0, 0.05) is 32.1 Å². The van der Waals surface area contributed by atoms with Gasteiger partial charge in [0.1, 0.15) is 0 Å². The van der Waals surface area contributed by atoms with E-state index in [0.29, 0.717) is 18.9 Å². The zero-order valence-corrected chi connectivity index (χ0v) is 16.6. The van der Waals surface area contributed by atoms with Crippen molar-refractivity contribution >= 4 is 17.3 Å². The highest BCUT2D eigenvalue weighted by Crippen LogP contribution is 2.29. The number of guanidine groups is 1. The molecule has 27 heavy (non-hydrogen) atoms. The Balaban J connectivity index is 1.95. The molecule has 148 valence electrons. The Hall–Kier alpha value is -2.35. The van der Waals surface area contributed by atoms with Crippen LogP contribution < -0.4 is 14.8 Å². The molecule has 0 spiro atoms. The molecule has 0 fully saturated rings. The third kappa shape index (κ3) is 6.71. The minimum absolute atomic E-state index is 0.0352. The second-order valence-corrected chi connectivity index (χ2v) is 6.78. The van der Waals surface area contributed by atoms with Crippen molar-refractivity contribution in [2.75, 3.05) is 27.2 Å². The Morgan fingerprint density at radius 3 is 2.74 bits per heavy atom. The number of aliphatic imine (C=N–C) groups is 1. The van der Waals surface area contributed by atoms with Crippen LogP contribution in [0.15, 0.2) is 40.7 Å². The van der Waals surface area contributed by atoms with Crippen molar-refractivity contribution in [1.82, 2.24) is 10.2 Å². The Kier molecular flexibility index (Phi) is 8.32. The van der Waals surface area contributed by atoms with Gasteiger partial charge in [0.2, 0.25) is 0 Å². The Labute approximate surface area is 162 Å². The van der Waals surface area contributed by atoms with E-state index in [-0.39, 0.29) is 5.75 Å². The molecule has 1 aromatic heterocycles. The summed E-state index contributed by atoms with van der Waals surface area (Å²) in [6.07, 6.45) is 0.947. The third-order valence-corrected chi connectivity index (χ3v) is 4.76. The highest BCUT2D eigenvalue weighted by atomic mass is 32.1. The number of thiophene rings is 1. The number of benzene rings is 1. The predicted octanol–water partition coefficient (Wildman–Crippen LogP) is 4.00. The Morgan fingerprint density at radius 2 is 2.11 bits per heavy atom. The van der Waals surface area contributed by atoms with E-state index in [1.165, 1.54) is 10.9 Å². The maximum absolute atomic E-state index is 12.5. The van der Waals surface area contributed by atoms with Crippen LogP contribution in [0.5, 0.6) is 11.5 Å². The van der Waals surface area contributed by atoms with Gasteiger partial charge in [0.15, 0.2) is 17.5 Å². The molecule has 0 aliphatic carbocycles. The van der Waals surface area contributed by atoms with Gasteiger partial charge in [-0.05, 0) is 42.5 Å². The van der Waals surface area contributed by atoms with Gasteiger partial charge in [-0.3, -0.25) is 4.99 Å². The molecule has 5 nitrogen and oxygen atoms in total. The normalized spacial score (nSPS) is 11.6. The summed E-state index contributed by atoms with van der Waals surface area (Å²) in [6, 6.07) is 9.09. The third-order valence-electron chi connectivity index (χ3n) is 3.82. The van der Waals surface area contributed by atoms with E-state index in [4.69, 9.17) is 4.74 Å². The maximum atomic E-state index is 12.5. The van der Waals surface area contributed by atoms with Crippen LogP contribution in [-0.4, -0.2) is 44.7 Å². The zero-order chi connectivity index (χ0) is 19.6. The highest BCUT2D eigenvalue weighted by Gasteiger charge is 2.12.